The van der Waals surface area contributed by atoms with Crippen LogP contribution in [0.2, 0.25) is 0 Å². The Bertz CT molecular complexity index is 70.5. The Labute approximate surface area is 49.0 Å². The molecule has 0 rings (SSSR count). The molecule has 1 atom stereocenters. The molecule has 7 heavy (non-hydrogen) atoms. The summed E-state index contributed by atoms with van der Waals surface area (Å²) in [6.45, 7) is 5.61. The summed E-state index contributed by atoms with van der Waals surface area (Å²) < 4.78 is 0. The van der Waals surface area contributed by atoms with Crippen LogP contribution in [-0.4, -0.2) is 11.6 Å². The maximum atomic E-state index is 5.48. The van der Waals surface area contributed by atoms with Crippen LogP contribution in [-0.2, 0) is 0 Å². The molecule has 0 aliphatic rings. The monoisotopic (exact) mass is 117 g/mol. The van der Waals surface area contributed by atoms with Crippen molar-refractivity contribution in [1.82, 2.24) is 0 Å². The van der Waals surface area contributed by atoms with Crippen molar-refractivity contribution < 1.29 is 0 Å². The molecule has 0 aliphatic carbocycles. The zero-order valence-electron chi connectivity index (χ0n) is 4.77. The van der Waals surface area contributed by atoms with Gasteiger partial charge in [-0.2, -0.15) is 0 Å². The van der Waals surface area contributed by atoms with Crippen LogP contribution in [0.3, 0.4) is 0 Å². The van der Waals surface area contributed by atoms with Crippen LogP contribution >= 0.6 is 11.8 Å². The smallest absolute Gasteiger partial charge is 0.0715 e. The highest BCUT2D eigenvalue weighted by Crippen LogP contribution is 2.06. The van der Waals surface area contributed by atoms with Gasteiger partial charge >= 0.3 is 0 Å². The first kappa shape index (κ1) is 7.05. The molecule has 2 N–H and O–H groups in total. The van der Waals surface area contributed by atoms with Crippen LogP contribution < -0.4 is 5.73 Å². The van der Waals surface area contributed by atoms with E-state index in [1.54, 1.807) is 11.8 Å². The Balaban J connectivity index is 3.34. The number of thioether (sulfide) groups is 1. The summed E-state index contributed by atoms with van der Waals surface area (Å²) in [5.41, 5.74) is 6.51. The van der Waals surface area contributed by atoms with Gasteiger partial charge in [0.05, 0.1) is 5.37 Å². The molecule has 0 aromatic heterocycles. The van der Waals surface area contributed by atoms with Gasteiger partial charge < -0.3 is 5.73 Å². The number of nitrogens with two attached hydrogens (primary N) is 1. The fraction of sp³-hybridized carbons (Fsp3) is 0.600. The summed E-state index contributed by atoms with van der Waals surface area (Å²) in [6, 6.07) is 0. The Morgan fingerprint density at radius 1 is 1.86 bits per heavy atom. The second-order valence-electron chi connectivity index (χ2n) is 1.50. The van der Waals surface area contributed by atoms with E-state index in [2.05, 4.69) is 6.58 Å². The van der Waals surface area contributed by atoms with Gasteiger partial charge in [0, 0.05) is 0 Å². The van der Waals surface area contributed by atoms with Crippen molar-refractivity contribution >= 4 is 11.8 Å². The average Bonchev–Trinajstić information content (AvgIpc) is 1.65. The summed E-state index contributed by atoms with van der Waals surface area (Å²) in [5.74, 6) is 0. The predicted octanol–water partition coefficient (Wildman–Crippen LogP) is 1.21. The SMILES string of the molecule is C=C(C)C(N)SC. The lowest BCUT2D eigenvalue weighted by Gasteiger charge is -2.04. The highest BCUT2D eigenvalue weighted by atomic mass is 32.2. The predicted molar refractivity (Wildman–Crippen MR) is 36.3 cm³/mol. The van der Waals surface area contributed by atoms with E-state index in [-0.39, 0.29) is 5.37 Å². The lowest BCUT2D eigenvalue weighted by molar-refractivity contribution is 1.07. The third-order valence-corrected chi connectivity index (χ3v) is 1.65. The number of hydrogen-bond acceptors (Lipinski definition) is 2. The molecule has 0 spiro atoms. The minimum atomic E-state index is 0.125. The minimum absolute atomic E-state index is 0.125. The third kappa shape index (κ3) is 2.71. The fourth-order valence-electron chi connectivity index (χ4n) is 0.201. The lowest BCUT2D eigenvalue weighted by Crippen LogP contribution is -2.14. The quantitative estimate of drug-likeness (QED) is 0.434. The Hall–Kier alpha value is 0.0500. The number of rotatable bonds is 2. The van der Waals surface area contributed by atoms with Crippen LogP contribution in [0.25, 0.3) is 0 Å². The van der Waals surface area contributed by atoms with E-state index in [0.29, 0.717) is 0 Å². The van der Waals surface area contributed by atoms with Crippen LogP contribution in [0, 0.1) is 0 Å². The van der Waals surface area contributed by atoms with E-state index in [4.69, 9.17) is 5.73 Å². The van der Waals surface area contributed by atoms with E-state index >= 15 is 0 Å². The minimum Gasteiger partial charge on any atom is -0.316 e. The molecular weight excluding hydrogens is 106 g/mol. The van der Waals surface area contributed by atoms with Gasteiger partial charge in [0.2, 0.25) is 0 Å². The van der Waals surface area contributed by atoms with Crippen LogP contribution in [0.5, 0.6) is 0 Å². The summed E-state index contributed by atoms with van der Waals surface area (Å²) >= 11 is 1.61. The maximum absolute atomic E-state index is 5.48. The van der Waals surface area contributed by atoms with Crippen LogP contribution in [0.4, 0.5) is 0 Å². The largest absolute Gasteiger partial charge is 0.316 e. The van der Waals surface area contributed by atoms with Gasteiger partial charge in [-0.15, -0.1) is 11.8 Å². The van der Waals surface area contributed by atoms with Crippen LogP contribution in [0.15, 0.2) is 12.2 Å². The molecule has 0 aliphatic heterocycles. The molecule has 0 radical (unpaired) electrons. The first-order chi connectivity index (χ1) is 3.18. The van der Waals surface area contributed by atoms with Crippen molar-refractivity contribution in [3.63, 3.8) is 0 Å². The standard InChI is InChI=1S/C5H11NS/c1-4(2)5(6)7-3/h5H,1,6H2,2-3H3. The van der Waals surface area contributed by atoms with Crippen molar-refractivity contribution in [2.24, 2.45) is 5.73 Å². The molecule has 1 unspecified atom stereocenters. The van der Waals surface area contributed by atoms with Gasteiger partial charge in [-0.25, -0.2) is 0 Å². The highest BCUT2D eigenvalue weighted by molar-refractivity contribution is 7.99. The fourth-order valence-corrected chi connectivity index (χ4v) is 0.604. The molecule has 0 bridgehead atoms. The first-order valence-corrected chi connectivity index (χ1v) is 3.41. The average molecular weight is 117 g/mol. The Kier molecular flexibility index (Phi) is 3.13. The molecule has 0 fully saturated rings. The van der Waals surface area contributed by atoms with E-state index < -0.39 is 0 Å². The Morgan fingerprint density at radius 3 is 2.29 bits per heavy atom. The van der Waals surface area contributed by atoms with Gasteiger partial charge in [-0.3, -0.25) is 0 Å². The molecule has 0 saturated heterocycles. The van der Waals surface area contributed by atoms with Gasteiger partial charge in [-0.1, -0.05) is 12.2 Å². The molecule has 0 aromatic rings. The molecule has 0 heterocycles. The lowest BCUT2D eigenvalue weighted by atomic mass is 10.4. The first-order valence-electron chi connectivity index (χ1n) is 2.12. The number of hydrogen-bond donors (Lipinski definition) is 1. The molecule has 1 nitrogen and oxygen atoms in total. The summed E-state index contributed by atoms with van der Waals surface area (Å²) in [6.07, 6.45) is 1.97. The van der Waals surface area contributed by atoms with Crippen molar-refractivity contribution in [1.29, 1.82) is 0 Å². The van der Waals surface area contributed by atoms with Crippen molar-refractivity contribution in [3.05, 3.63) is 12.2 Å². The molecule has 42 valence electrons. The summed E-state index contributed by atoms with van der Waals surface area (Å²) in [4.78, 5) is 0. The second-order valence-corrected chi connectivity index (χ2v) is 2.48. The van der Waals surface area contributed by atoms with Crippen LogP contribution in [0.1, 0.15) is 6.92 Å². The van der Waals surface area contributed by atoms with Crippen molar-refractivity contribution in [2.45, 2.75) is 12.3 Å². The molecule has 0 saturated carbocycles. The summed E-state index contributed by atoms with van der Waals surface area (Å²) in [5, 5.41) is 0.125. The van der Waals surface area contributed by atoms with E-state index in [0.717, 1.165) is 5.57 Å². The highest BCUT2D eigenvalue weighted by Gasteiger charge is 1.95. The molecular formula is C5H11NS. The molecule has 2 heteroatoms. The maximum Gasteiger partial charge on any atom is 0.0715 e. The second kappa shape index (κ2) is 3.10. The molecule has 0 aromatic carbocycles. The van der Waals surface area contributed by atoms with Crippen molar-refractivity contribution in [2.75, 3.05) is 6.26 Å². The molecule has 0 amide bonds. The van der Waals surface area contributed by atoms with Gasteiger partial charge in [0.25, 0.3) is 0 Å². The topological polar surface area (TPSA) is 26.0 Å². The Morgan fingerprint density at radius 2 is 2.29 bits per heavy atom. The normalized spacial score (nSPS) is 13.6. The third-order valence-electron chi connectivity index (χ3n) is 0.740. The zero-order chi connectivity index (χ0) is 5.86. The van der Waals surface area contributed by atoms with Crippen molar-refractivity contribution in [3.8, 4) is 0 Å². The summed E-state index contributed by atoms with van der Waals surface area (Å²) in [7, 11) is 0. The van der Waals surface area contributed by atoms with E-state index in [1.807, 2.05) is 13.2 Å². The van der Waals surface area contributed by atoms with Gasteiger partial charge in [-0.05, 0) is 13.2 Å². The van der Waals surface area contributed by atoms with Gasteiger partial charge in [0.15, 0.2) is 0 Å². The zero-order valence-corrected chi connectivity index (χ0v) is 5.59. The van der Waals surface area contributed by atoms with E-state index in [1.165, 1.54) is 0 Å². The van der Waals surface area contributed by atoms with Gasteiger partial charge in [0.1, 0.15) is 0 Å². The van der Waals surface area contributed by atoms with E-state index in [9.17, 15) is 0 Å².